The topological polar surface area (TPSA) is 108 Å². The third-order valence-electron chi connectivity index (χ3n) is 3.74. The van der Waals surface area contributed by atoms with Crippen molar-refractivity contribution in [3.63, 3.8) is 0 Å². The van der Waals surface area contributed by atoms with Gasteiger partial charge in [-0.2, -0.15) is 0 Å². The van der Waals surface area contributed by atoms with Crippen LogP contribution in [0.1, 0.15) is 6.42 Å². The third-order valence-corrected chi connectivity index (χ3v) is 4.34. The van der Waals surface area contributed by atoms with E-state index in [1.54, 1.807) is 0 Å². The Kier molecular flexibility index (Phi) is 4.09. The number of halogens is 2. The van der Waals surface area contributed by atoms with Crippen LogP contribution in [0.5, 0.6) is 0 Å². The molecule has 2 aromatic heterocycles. The molecule has 9 nitrogen and oxygen atoms in total. The lowest BCUT2D eigenvalue weighted by Gasteiger charge is -2.09. The highest BCUT2D eigenvalue weighted by molar-refractivity contribution is 9.10. The molecule has 0 saturated carbocycles. The van der Waals surface area contributed by atoms with Crippen molar-refractivity contribution in [2.75, 3.05) is 18.5 Å². The number of ether oxygens (including phenoxy) is 1. The van der Waals surface area contributed by atoms with Crippen molar-refractivity contribution in [3.8, 4) is 17.2 Å². The monoisotopic (exact) mass is 411 g/mol. The summed E-state index contributed by atoms with van der Waals surface area (Å²) in [5, 5.41) is 14.5. The number of nitrogens with zero attached hydrogens (tertiary/aromatic N) is 4. The molecular formula is C14H11BrFN5O4. The van der Waals surface area contributed by atoms with Gasteiger partial charge < -0.3 is 10.1 Å². The Bertz CT molecular complexity index is 962. The molecular weight excluding hydrogens is 401 g/mol. The minimum Gasteiger partial charge on any atom is -0.379 e. The SMILES string of the molecule is O=c1onc(-c2nonc2NC2CCOC2)n1-c1ccc(F)c(Br)c1. The molecule has 11 heteroatoms. The molecule has 0 spiro atoms. The van der Waals surface area contributed by atoms with Crippen LogP contribution in [-0.2, 0) is 4.74 Å². The summed E-state index contributed by atoms with van der Waals surface area (Å²) in [5.74, 6) is -0.793. The van der Waals surface area contributed by atoms with Crippen LogP contribution in [0.2, 0.25) is 0 Å². The Labute approximate surface area is 147 Å². The summed E-state index contributed by atoms with van der Waals surface area (Å²) in [6, 6.07) is 4.13. The van der Waals surface area contributed by atoms with Gasteiger partial charge in [0.15, 0.2) is 5.69 Å². The molecule has 1 saturated heterocycles. The summed E-state index contributed by atoms with van der Waals surface area (Å²) < 4.78 is 29.7. The highest BCUT2D eigenvalue weighted by atomic mass is 79.9. The maximum absolute atomic E-state index is 13.5. The first-order chi connectivity index (χ1) is 12.1. The van der Waals surface area contributed by atoms with E-state index in [2.05, 4.69) is 36.7 Å². The minimum atomic E-state index is -0.744. The fraction of sp³-hybridized carbons (Fsp3) is 0.286. The van der Waals surface area contributed by atoms with E-state index in [9.17, 15) is 9.18 Å². The zero-order valence-corrected chi connectivity index (χ0v) is 14.2. The van der Waals surface area contributed by atoms with E-state index < -0.39 is 11.6 Å². The van der Waals surface area contributed by atoms with Gasteiger partial charge in [-0.05, 0) is 50.9 Å². The Hall–Kier alpha value is -2.53. The van der Waals surface area contributed by atoms with Gasteiger partial charge in [0.25, 0.3) is 0 Å². The fourth-order valence-electron chi connectivity index (χ4n) is 2.52. The highest BCUT2D eigenvalue weighted by Crippen LogP contribution is 2.27. The van der Waals surface area contributed by atoms with Crippen LogP contribution < -0.4 is 11.1 Å². The fourth-order valence-corrected chi connectivity index (χ4v) is 2.89. The molecule has 3 aromatic rings. The smallest absolute Gasteiger partial charge is 0.379 e. The average Bonchev–Trinajstić information content (AvgIpc) is 3.32. The lowest BCUT2D eigenvalue weighted by molar-refractivity contribution is 0.195. The molecule has 1 aromatic carbocycles. The van der Waals surface area contributed by atoms with E-state index in [0.29, 0.717) is 24.7 Å². The molecule has 3 heterocycles. The standard InChI is InChI=1S/C14H11BrFN5O4/c15-9-5-8(1-2-10(9)16)21-13(20-24-14(21)22)11-12(19-25-18-11)17-7-3-4-23-6-7/h1-2,5,7H,3-4,6H2,(H,17,19). The van der Waals surface area contributed by atoms with Crippen LogP contribution in [0.3, 0.4) is 0 Å². The number of nitrogens with one attached hydrogen (secondary N) is 1. The van der Waals surface area contributed by atoms with Crippen molar-refractivity contribution in [1.29, 1.82) is 0 Å². The van der Waals surface area contributed by atoms with E-state index in [-0.39, 0.29) is 22.0 Å². The normalized spacial score (nSPS) is 17.1. The van der Waals surface area contributed by atoms with E-state index in [0.717, 1.165) is 11.0 Å². The van der Waals surface area contributed by atoms with E-state index in [1.165, 1.54) is 18.2 Å². The van der Waals surface area contributed by atoms with Gasteiger partial charge in [-0.3, -0.25) is 4.52 Å². The first-order valence-electron chi connectivity index (χ1n) is 7.35. The second-order valence-corrected chi connectivity index (χ2v) is 6.23. The van der Waals surface area contributed by atoms with Crippen molar-refractivity contribution in [2.45, 2.75) is 12.5 Å². The highest BCUT2D eigenvalue weighted by Gasteiger charge is 2.25. The molecule has 1 atom stereocenters. The number of hydrogen-bond acceptors (Lipinski definition) is 8. The molecule has 1 N–H and O–H groups in total. The van der Waals surface area contributed by atoms with Gasteiger partial charge >= 0.3 is 5.76 Å². The van der Waals surface area contributed by atoms with Gasteiger partial charge in [0.1, 0.15) is 5.82 Å². The van der Waals surface area contributed by atoms with Crippen LogP contribution in [0.25, 0.3) is 17.2 Å². The Morgan fingerprint density at radius 2 is 2.20 bits per heavy atom. The van der Waals surface area contributed by atoms with Gasteiger partial charge in [-0.1, -0.05) is 5.16 Å². The summed E-state index contributed by atoms with van der Waals surface area (Å²) in [6.07, 6.45) is 0.808. The lowest BCUT2D eigenvalue weighted by atomic mass is 10.2. The van der Waals surface area contributed by atoms with Crippen molar-refractivity contribution < 1.29 is 18.3 Å². The quantitative estimate of drug-likeness (QED) is 0.693. The molecule has 1 fully saturated rings. The van der Waals surface area contributed by atoms with Crippen LogP contribution in [-0.4, -0.2) is 39.3 Å². The van der Waals surface area contributed by atoms with Crippen LogP contribution in [0.4, 0.5) is 10.2 Å². The zero-order chi connectivity index (χ0) is 17.4. The second-order valence-electron chi connectivity index (χ2n) is 5.37. The first kappa shape index (κ1) is 16.0. The number of aromatic nitrogens is 4. The van der Waals surface area contributed by atoms with Crippen molar-refractivity contribution in [3.05, 3.63) is 39.0 Å². The Morgan fingerprint density at radius 1 is 1.32 bits per heavy atom. The van der Waals surface area contributed by atoms with Crippen LogP contribution in [0.15, 0.2) is 36.6 Å². The predicted octanol–water partition coefficient (Wildman–Crippen LogP) is 1.98. The molecule has 1 unspecified atom stereocenters. The molecule has 0 radical (unpaired) electrons. The summed E-state index contributed by atoms with van der Waals surface area (Å²) in [5.41, 5.74) is 0.561. The Morgan fingerprint density at radius 3 is 2.96 bits per heavy atom. The maximum atomic E-state index is 13.5. The molecule has 1 aliphatic heterocycles. The lowest BCUT2D eigenvalue weighted by Crippen LogP contribution is -2.20. The molecule has 0 amide bonds. The average molecular weight is 412 g/mol. The molecule has 4 rings (SSSR count). The molecule has 1 aliphatic rings. The molecule has 25 heavy (non-hydrogen) atoms. The van der Waals surface area contributed by atoms with Crippen molar-refractivity contribution >= 4 is 21.7 Å². The summed E-state index contributed by atoms with van der Waals surface area (Å²) in [7, 11) is 0. The van der Waals surface area contributed by atoms with Gasteiger partial charge in [0, 0.05) is 6.61 Å². The van der Waals surface area contributed by atoms with Crippen molar-refractivity contribution in [2.24, 2.45) is 0 Å². The number of rotatable bonds is 4. The summed E-state index contributed by atoms with van der Waals surface area (Å²) in [6.45, 7) is 1.18. The zero-order valence-electron chi connectivity index (χ0n) is 12.6. The van der Waals surface area contributed by atoms with Crippen molar-refractivity contribution in [1.82, 2.24) is 20.0 Å². The van der Waals surface area contributed by atoms with E-state index in [4.69, 9.17) is 13.9 Å². The first-order valence-corrected chi connectivity index (χ1v) is 8.14. The Balaban J connectivity index is 1.76. The predicted molar refractivity (Wildman–Crippen MR) is 85.9 cm³/mol. The van der Waals surface area contributed by atoms with Gasteiger partial charge in [0.05, 0.1) is 22.8 Å². The van der Waals surface area contributed by atoms with E-state index >= 15 is 0 Å². The second kappa shape index (κ2) is 6.41. The largest absolute Gasteiger partial charge is 0.446 e. The van der Waals surface area contributed by atoms with Gasteiger partial charge in [0.2, 0.25) is 11.6 Å². The van der Waals surface area contributed by atoms with E-state index in [1.807, 2.05) is 0 Å². The van der Waals surface area contributed by atoms with Crippen LogP contribution >= 0.6 is 15.9 Å². The number of anilines is 1. The number of benzene rings is 1. The summed E-state index contributed by atoms with van der Waals surface area (Å²) >= 11 is 3.09. The molecule has 130 valence electrons. The van der Waals surface area contributed by atoms with Gasteiger partial charge in [-0.15, -0.1) is 0 Å². The number of hydrogen-bond donors (Lipinski definition) is 1. The van der Waals surface area contributed by atoms with Crippen LogP contribution in [0, 0.1) is 5.82 Å². The molecule has 0 aliphatic carbocycles. The minimum absolute atomic E-state index is 0.0534. The summed E-state index contributed by atoms with van der Waals surface area (Å²) in [4.78, 5) is 12.1. The molecule has 0 bridgehead atoms. The third kappa shape index (κ3) is 2.96. The maximum Gasteiger partial charge on any atom is 0.446 e. The van der Waals surface area contributed by atoms with Gasteiger partial charge in [-0.25, -0.2) is 18.4 Å².